The third-order valence-electron chi connectivity index (χ3n) is 12.6. The third kappa shape index (κ3) is 3.77. The monoisotopic (exact) mass is 743 g/mol. The third-order valence-corrected chi connectivity index (χ3v) is 12.6. The molecule has 13 rings (SSSR count). The van der Waals surface area contributed by atoms with E-state index in [0.29, 0.717) is 0 Å². The first kappa shape index (κ1) is 31.5. The molecular weight excluding hydrogens is 711 g/mol. The van der Waals surface area contributed by atoms with E-state index in [0.717, 1.165) is 67.8 Å². The summed E-state index contributed by atoms with van der Waals surface area (Å²) >= 11 is 0. The van der Waals surface area contributed by atoms with E-state index in [1.807, 2.05) is 12.1 Å². The molecule has 4 heterocycles. The van der Waals surface area contributed by atoms with E-state index in [-0.39, 0.29) is 0 Å². The maximum absolute atomic E-state index is 6.75. The van der Waals surface area contributed by atoms with Gasteiger partial charge >= 0.3 is 0 Å². The fourth-order valence-corrected chi connectivity index (χ4v) is 10.5. The van der Waals surface area contributed by atoms with Crippen LogP contribution in [0.3, 0.4) is 0 Å². The summed E-state index contributed by atoms with van der Waals surface area (Å²) in [4.78, 5) is 13.5. The van der Waals surface area contributed by atoms with Gasteiger partial charge in [-0.05, 0) is 70.3 Å². The van der Waals surface area contributed by atoms with Crippen molar-refractivity contribution in [3.8, 4) is 22.6 Å². The summed E-state index contributed by atoms with van der Waals surface area (Å²) in [5, 5.41) is 0. The van der Waals surface area contributed by atoms with Crippen molar-refractivity contribution in [2.45, 2.75) is 11.1 Å². The molecule has 0 saturated heterocycles. The maximum Gasteiger partial charge on any atom is 0.220 e. The van der Waals surface area contributed by atoms with Crippen LogP contribution in [-0.2, 0) is 11.1 Å². The minimum absolute atomic E-state index is 0.569. The standard InChI is InChI=1S/C52H33N5O/c1-3-18-34(19-4-1)51(35-20-5-2-6-21-35)37-23-8-7-22-36(37)48-40(51)26-17-31-45(48)55-49-53-41-27-11-13-29-43(41)56(49)52(57-44-30-14-12-28-42(44)54-50(55)57)38-24-9-15-32-46(38)58-47-33-16-10-25-39(47)52/h1-33H. The van der Waals surface area contributed by atoms with Gasteiger partial charge in [0.15, 0.2) is 5.66 Å². The molecule has 0 N–H and O–H groups in total. The molecule has 0 radical (unpaired) electrons. The highest BCUT2D eigenvalue weighted by atomic mass is 16.5. The van der Waals surface area contributed by atoms with Crippen LogP contribution in [0.1, 0.15) is 33.4 Å². The maximum atomic E-state index is 6.75. The number of ether oxygens (including phenoxy) is 1. The number of nitrogens with zero attached hydrogens (tertiary/aromatic N) is 5. The SMILES string of the molecule is c1ccc(C2(c3ccccc3)c3ccccc3-c3c(N4c5nc6ccccc6n5C5(c6ccccc6Oc6ccccc65)n5c4nc4ccccc45)cccc32)cc1. The van der Waals surface area contributed by atoms with E-state index in [2.05, 4.69) is 202 Å². The van der Waals surface area contributed by atoms with Gasteiger partial charge in [-0.3, -0.25) is 9.13 Å². The molecule has 6 nitrogen and oxygen atoms in total. The summed E-state index contributed by atoms with van der Waals surface area (Å²) in [6, 6.07) is 71.5. The number of fused-ring (bicyclic) bond motifs is 15. The lowest BCUT2D eigenvalue weighted by Gasteiger charge is -2.48. The van der Waals surface area contributed by atoms with E-state index >= 15 is 0 Å². The number of benzene rings is 8. The van der Waals surface area contributed by atoms with Gasteiger partial charge in [0.2, 0.25) is 11.9 Å². The van der Waals surface area contributed by atoms with Crippen molar-refractivity contribution >= 4 is 39.7 Å². The van der Waals surface area contributed by atoms with Gasteiger partial charge in [0.05, 0.1) is 33.2 Å². The van der Waals surface area contributed by atoms with Crippen LogP contribution in [0.5, 0.6) is 11.5 Å². The molecule has 0 unspecified atom stereocenters. The zero-order valence-corrected chi connectivity index (χ0v) is 31.2. The molecule has 0 bridgehead atoms. The van der Waals surface area contributed by atoms with E-state index in [9.17, 15) is 0 Å². The predicted octanol–water partition coefficient (Wildman–Crippen LogP) is 11.9. The Bertz CT molecular complexity index is 3120. The molecule has 272 valence electrons. The van der Waals surface area contributed by atoms with Crippen LogP contribution in [-0.4, -0.2) is 19.1 Å². The Labute approximate surface area is 334 Å². The predicted molar refractivity (Wildman–Crippen MR) is 230 cm³/mol. The van der Waals surface area contributed by atoms with Crippen LogP contribution in [0.4, 0.5) is 17.6 Å². The van der Waals surface area contributed by atoms with Crippen molar-refractivity contribution in [3.05, 3.63) is 234 Å². The van der Waals surface area contributed by atoms with E-state index < -0.39 is 11.1 Å². The lowest BCUT2D eigenvalue weighted by Crippen LogP contribution is -2.50. The van der Waals surface area contributed by atoms with Crippen LogP contribution < -0.4 is 9.64 Å². The highest BCUT2D eigenvalue weighted by Crippen LogP contribution is 2.62. The van der Waals surface area contributed by atoms with Crippen LogP contribution in [0.2, 0.25) is 0 Å². The number of rotatable bonds is 3. The lowest BCUT2D eigenvalue weighted by molar-refractivity contribution is 0.315. The van der Waals surface area contributed by atoms with E-state index in [4.69, 9.17) is 14.7 Å². The molecule has 0 amide bonds. The molecule has 2 aromatic heterocycles. The fraction of sp³-hybridized carbons (Fsp3) is 0.0385. The van der Waals surface area contributed by atoms with E-state index in [1.54, 1.807) is 0 Å². The first-order valence-electron chi connectivity index (χ1n) is 19.8. The Balaban J connectivity index is 1.21. The molecule has 1 spiro atoms. The summed E-state index contributed by atoms with van der Waals surface area (Å²) in [7, 11) is 0. The molecule has 0 saturated carbocycles. The van der Waals surface area contributed by atoms with Crippen molar-refractivity contribution in [1.82, 2.24) is 19.1 Å². The minimum atomic E-state index is -0.952. The molecule has 0 atom stereocenters. The van der Waals surface area contributed by atoms with Crippen LogP contribution >= 0.6 is 0 Å². The smallest absolute Gasteiger partial charge is 0.220 e. The van der Waals surface area contributed by atoms with Crippen molar-refractivity contribution in [2.75, 3.05) is 4.90 Å². The van der Waals surface area contributed by atoms with E-state index in [1.165, 1.54) is 27.8 Å². The normalized spacial score (nSPS) is 14.9. The van der Waals surface area contributed by atoms with Gasteiger partial charge < -0.3 is 4.74 Å². The molecule has 1 aliphatic carbocycles. The lowest BCUT2D eigenvalue weighted by atomic mass is 9.68. The Hall–Kier alpha value is -7.70. The number of hydrogen-bond acceptors (Lipinski definition) is 4. The molecular formula is C52H33N5O. The van der Waals surface area contributed by atoms with Crippen molar-refractivity contribution in [2.24, 2.45) is 0 Å². The zero-order chi connectivity index (χ0) is 38.0. The molecule has 10 aromatic rings. The average Bonchev–Trinajstić information content (AvgIpc) is 3.97. The van der Waals surface area contributed by atoms with Gasteiger partial charge in [0.1, 0.15) is 11.5 Å². The van der Waals surface area contributed by atoms with Gasteiger partial charge in [-0.25, -0.2) is 14.9 Å². The largest absolute Gasteiger partial charge is 0.456 e. The summed E-state index contributed by atoms with van der Waals surface area (Å²) in [5.41, 5.74) is 12.6. The zero-order valence-electron chi connectivity index (χ0n) is 31.2. The highest BCUT2D eigenvalue weighted by Gasteiger charge is 2.55. The number of imidazole rings is 2. The first-order chi connectivity index (χ1) is 28.8. The van der Waals surface area contributed by atoms with Crippen LogP contribution in [0.25, 0.3) is 33.2 Å². The van der Waals surface area contributed by atoms with Gasteiger partial charge in [-0.15, -0.1) is 0 Å². The molecule has 8 aromatic carbocycles. The Morgan fingerprint density at radius 1 is 0.397 bits per heavy atom. The average molecular weight is 744 g/mol. The van der Waals surface area contributed by atoms with Crippen molar-refractivity contribution < 1.29 is 4.74 Å². The summed E-state index contributed by atoms with van der Waals surface area (Å²) in [6.45, 7) is 0. The summed E-state index contributed by atoms with van der Waals surface area (Å²) < 4.78 is 11.6. The Kier molecular flexibility index (Phi) is 6.21. The second kappa shape index (κ2) is 11.4. The first-order valence-corrected chi connectivity index (χ1v) is 19.8. The van der Waals surface area contributed by atoms with Crippen LogP contribution in [0.15, 0.2) is 200 Å². The topological polar surface area (TPSA) is 48.1 Å². The molecule has 3 aliphatic rings. The quantitative estimate of drug-likeness (QED) is 0.181. The van der Waals surface area contributed by atoms with Gasteiger partial charge in [-0.1, -0.05) is 158 Å². The highest BCUT2D eigenvalue weighted by molar-refractivity contribution is 5.99. The number of para-hydroxylation sites is 6. The molecule has 0 fully saturated rings. The summed E-state index contributed by atoms with van der Waals surface area (Å²) in [6.07, 6.45) is 0. The number of aromatic nitrogens is 4. The van der Waals surface area contributed by atoms with Crippen molar-refractivity contribution in [3.63, 3.8) is 0 Å². The Morgan fingerprint density at radius 2 is 0.862 bits per heavy atom. The number of hydrogen-bond donors (Lipinski definition) is 0. The minimum Gasteiger partial charge on any atom is -0.456 e. The fourth-order valence-electron chi connectivity index (χ4n) is 10.5. The summed E-state index contributed by atoms with van der Waals surface area (Å²) in [5.74, 6) is 3.15. The second-order valence-electron chi connectivity index (χ2n) is 15.3. The van der Waals surface area contributed by atoms with Gasteiger partial charge in [-0.2, -0.15) is 0 Å². The van der Waals surface area contributed by atoms with Crippen molar-refractivity contribution in [1.29, 1.82) is 0 Å². The molecule has 58 heavy (non-hydrogen) atoms. The second-order valence-corrected chi connectivity index (χ2v) is 15.3. The van der Waals surface area contributed by atoms with Crippen LogP contribution in [0, 0.1) is 0 Å². The van der Waals surface area contributed by atoms with Gasteiger partial charge in [0.25, 0.3) is 0 Å². The number of anilines is 3. The molecule has 6 heteroatoms. The van der Waals surface area contributed by atoms with Gasteiger partial charge in [0, 0.05) is 16.7 Å². The molecule has 2 aliphatic heterocycles. The Morgan fingerprint density at radius 3 is 1.45 bits per heavy atom.